The normalized spacial score (nSPS) is 13.2. The number of ether oxygens (including phenoxy) is 2. The maximum absolute atomic E-state index is 12.6. The van der Waals surface area contributed by atoms with E-state index in [1.165, 1.54) is 19.1 Å². The molecule has 132 valence electrons. The summed E-state index contributed by atoms with van der Waals surface area (Å²) >= 11 is 12.8. The zero-order valence-corrected chi connectivity index (χ0v) is 15.2. The minimum atomic E-state index is -0.424. The summed E-state index contributed by atoms with van der Waals surface area (Å²) < 4.78 is 10.5. The fourth-order valence-corrected chi connectivity index (χ4v) is 3.16. The number of benzene rings is 1. The van der Waals surface area contributed by atoms with Crippen molar-refractivity contribution in [2.75, 3.05) is 36.8 Å². The van der Waals surface area contributed by atoms with Crippen molar-refractivity contribution in [3.63, 3.8) is 0 Å². The van der Waals surface area contributed by atoms with Gasteiger partial charge in [-0.25, -0.2) is 9.78 Å². The Labute approximate surface area is 154 Å². The van der Waals surface area contributed by atoms with Crippen LogP contribution in [0, 0.1) is 0 Å². The van der Waals surface area contributed by atoms with E-state index in [1.54, 1.807) is 19.3 Å². The highest BCUT2D eigenvalue weighted by Gasteiger charge is 2.31. The Balaban J connectivity index is 2.09. The lowest BCUT2D eigenvalue weighted by atomic mass is 10.2. The largest absolute Gasteiger partial charge is 0.495 e. The number of nitrogens with zero attached hydrogens (tertiary/aromatic N) is 3. The Bertz CT molecular complexity index is 818. The Hall–Kier alpha value is -2.45. The van der Waals surface area contributed by atoms with E-state index in [0.717, 1.165) is 0 Å². The van der Waals surface area contributed by atoms with Crippen molar-refractivity contribution in [1.82, 2.24) is 9.97 Å². The summed E-state index contributed by atoms with van der Waals surface area (Å²) in [5.74, 6) is 1.53. The number of amides is 2. The van der Waals surface area contributed by atoms with Crippen LogP contribution in [0.5, 0.6) is 11.5 Å². The van der Waals surface area contributed by atoms with E-state index in [-0.39, 0.29) is 16.6 Å². The van der Waals surface area contributed by atoms with Crippen molar-refractivity contribution >= 4 is 46.7 Å². The van der Waals surface area contributed by atoms with Crippen LogP contribution < -0.4 is 25.0 Å². The number of urea groups is 1. The number of hydrogen-bond acceptors (Lipinski definition) is 6. The lowest BCUT2D eigenvalue weighted by Crippen LogP contribution is -2.39. The molecule has 2 heterocycles. The highest BCUT2D eigenvalue weighted by atomic mass is 35.5. The second-order valence-electron chi connectivity index (χ2n) is 5.09. The fraction of sp³-hybridized carbons (Fsp3) is 0.267. The number of rotatable bonds is 4. The average Bonchev–Trinajstić information content (AvgIpc) is 2.62. The topological polar surface area (TPSA) is 88.6 Å². The van der Waals surface area contributed by atoms with Crippen LogP contribution in [-0.2, 0) is 6.54 Å². The first-order chi connectivity index (χ1) is 12.0. The van der Waals surface area contributed by atoms with Gasteiger partial charge in [-0.05, 0) is 0 Å². The van der Waals surface area contributed by atoms with Crippen LogP contribution in [0.15, 0.2) is 12.3 Å². The summed E-state index contributed by atoms with van der Waals surface area (Å²) in [6.07, 6.45) is 1.62. The average molecular weight is 384 g/mol. The van der Waals surface area contributed by atoms with E-state index in [2.05, 4.69) is 20.6 Å². The number of fused-ring (bicyclic) bond motifs is 1. The number of halogens is 2. The summed E-state index contributed by atoms with van der Waals surface area (Å²) in [6.45, 7) is 0.195. The molecule has 2 aromatic rings. The van der Waals surface area contributed by atoms with Crippen molar-refractivity contribution in [2.24, 2.45) is 0 Å². The molecule has 25 heavy (non-hydrogen) atoms. The van der Waals surface area contributed by atoms with Gasteiger partial charge in [0, 0.05) is 24.9 Å². The van der Waals surface area contributed by atoms with Gasteiger partial charge in [-0.2, -0.15) is 4.98 Å². The first kappa shape index (κ1) is 17.4. The summed E-state index contributed by atoms with van der Waals surface area (Å²) in [5, 5.41) is 5.95. The molecule has 0 atom stereocenters. The molecule has 0 saturated carbocycles. The van der Waals surface area contributed by atoms with E-state index >= 15 is 0 Å². The van der Waals surface area contributed by atoms with Crippen LogP contribution in [0.3, 0.4) is 0 Å². The second kappa shape index (κ2) is 6.81. The molecule has 1 aromatic carbocycles. The first-order valence-electron chi connectivity index (χ1n) is 7.22. The van der Waals surface area contributed by atoms with Crippen LogP contribution in [0.4, 0.5) is 22.2 Å². The SMILES string of the molecule is CNc1ncc2c(n1)NC(=O)N(c1c(Cl)c(OC)cc(OC)c1Cl)C2. The molecule has 0 fully saturated rings. The van der Waals surface area contributed by atoms with Crippen LogP contribution in [0.1, 0.15) is 5.56 Å². The van der Waals surface area contributed by atoms with Crippen LogP contribution in [0.25, 0.3) is 0 Å². The molecule has 2 N–H and O–H groups in total. The maximum Gasteiger partial charge on any atom is 0.327 e. The lowest BCUT2D eigenvalue weighted by Gasteiger charge is -2.30. The molecular weight excluding hydrogens is 369 g/mol. The third kappa shape index (κ3) is 2.98. The molecular formula is C15H15Cl2N5O3. The molecule has 1 aromatic heterocycles. The number of nitrogens with one attached hydrogen (secondary N) is 2. The predicted octanol–water partition coefficient (Wildman–Crippen LogP) is 3.39. The summed E-state index contributed by atoms with van der Waals surface area (Å²) in [4.78, 5) is 22.4. The van der Waals surface area contributed by atoms with Crippen LogP contribution >= 0.6 is 23.2 Å². The number of anilines is 3. The molecule has 3 rings (SSSR count). The predicted molar refractivity (Wildman–Crippen MR) is 96.3 cm³/mol. The molecule has 1 aliphatic rings. The molecule has 0 unspecified atom stereocenters. The zero-order valence-electron chi connectivity index (χ0n) is 13.7. The van der Waals surface area contributed by atoms with E-state index in [1.807, 2.05) is 0 Å². The van der Waals surface area contributed by atoms with Gasteiger partial charge in [0.05, 0.1) is 26.5 Å². The highest BCUT2D eigenvalue weighted by Crippen LogP contribution is 2.47. The van der Waals surface area contributed by atoms with Gasteiger partial charge in [-0.15, -0.1) is 0 Å². The van der Waals surface area contributed by atoms with Crippen molar-refractivity contribution in [1.29, 1.82) is 0 Å². The highest BCUT2D eigenvalue weighted by molar-refractivity contribution is 6.42. The van der Waals surface area contributed by atoms with Crippen molar-refractivity contribution in [3.05, 3.63) is 27.9 Å². The molecule has 0 saturated heterocycles. The van der Waals surface area contributed by atoms with Gasteiger partial charge in [0.25, 0.3) is 0 Å². The van der Waals surface area contributed by atoms with Crippen molar-refractivity contribution < 1.29 is 14.3 Å². The summed E-state index contributed by atoms with van der Waals surface area (Å²) in [5.41, 5.74) is 1.01. The number of aromatic nitrogens is 2. The fourth-order valence-electron chi connectivity index (χ4n) is 2.45. The summed E-state index contributed by atoms with van der Waals surface area (Å²) in [7, 11) is 4.63. The van der Waals surface area contributed by atoms with Gasteiger partial charge >= 0.3 is 6.03 Å². The van der Waals surface area contributed by atoms with Crippen LogP contribution in [-0.4, -0.2) is 37.3 Å². The molecule has 10 heteroatoms. The Morgan fingerprint density at radius 1 is 1.24 bits per heavy atom. The molecule has 1 aliphatic heterocycles. The van der Waals surface area contributed by atoms with E-state index in [9.17, 15) is 4.79 Å². The van der Waals surface area contributed by atoms with Crippen molar-refractivity contribution in [3.8, 4) is 11.5 Å². The Morgan fingerprint density at radius 3 is 2.44 bits per heavy atom. The molecule has 2 amide bonds. The van der Waals surface area contributed by atoms with Crippen LogP contribution in [0.2, 0.25) is 10.0 Å². The van der Waals surface area contributed by atoms with Crippen molar-refractivity contribution in [2.45, 2.75) is 6.54 Å². The standard InChI is InChI=1S/C15H15Cl2N5O3/c1-18-14-19-5-7-6-22(15(23)21-13(7)20-14)12-10(16)8(24-2)4-9(25-3)11(12)17/h4-5H,6H2,1-3H3,(H2,18,19,20,21,23). The van der Waals surface area contributed by atoms with E-state index < -0.39 is 6.03 Å². The van der Waals surface area contributed by atoms with E-state index in [0.29, 0.717) is 34.5 Å². The molecule has 0 spiro atoms. The minimum Gasteiger partial charge on any atom is -0.495 e. The maximum atomic E-state index is 12.6. The number of carbonyl (C=O) groups excluding carboxylic acids is 1. The van der Waals surface area contributed by atoms with Gasteiger partial charge in [0.15, 0.2) is 0 Å². The third-order valence-corrected chi connectivity index (χ3v) is 4.44. The number of hydrogen-bond donors (Lipinski definition) is 2. The Morgan fingerprint density at radius 2 is 1.88 bits per heavy atom. The number of carbonyl (C=O) groups is 1. The van der Waals surface area contributed by atoms with Gasteiger partial charge in [0.1, 0.15) is 27.4 Å². The second-order valence-corrected chi connectivity index (χ2v) is 5.85. The minimum absolute atomic E-state index is 0.195. The van der Waals surface area contributed by atoms with Gasteiger partial charge in [-0.3, -0.25) is 10.2 Å². The first-order valence-corrected chi connectivity index (χ1v) is 7.97. The number of methoxy groups -OCH3 is 2. The molecule has 0 radical (unpaired) electrons. The van der Waals surface area contributed by atoms with Gasteiger partial charge in [0.2, 0.25) is 5.95 Å². The third-order valence-electron chi connectivity index (χ3n) is 3.71. The van der Waals surface area contributed by atoms with Gasteiger partial charge < -0.3 is 14.8 Å². The molecule has 0 aliphatic carbocycles. The Kier molecular flexibility index (Phi) is 4.73. The zero-order chi connectivity index (χ0) is 18.1. The molecule has 0 bridgehead atoms. The quantitative estimate of drug-likeness (QED) is 0.840. The lowest BCUT2D eigenvalue weighted by molar-refractivity contribution is 0.256. The van der Waals surface area contributed by atoms with E-state index in [4.69, 9.17) is 32.7 Å². The summed E-state index contributed by atoms with van der Waals surface area (Å²) in [6, 6.07) is 1.14. The molecule has 8 nitrogen and oxygen atoms in total. The smallest absolute Gasteiger partial charge is 0.327 e. The van der Waals surface area contributed by atoms with Gasteiger partial charge in [-0.1, -0.05) is 23.2 Å². The monoisotopic (exact) mass is 383 g/mol.